The molecule has 2 heterocycles. The Balaban J connectivity index is 1.77. The molecule has 0 bridgehead atoms. The number of rotatable bonds is 3. The van der Waals surface area contributed by atoms with Gasteiger partial charge in [0.05, 0.1) is 18.2 Å². The van der Waals surface area contributed by atoms with Gasteiger partial charge < -0.3 is 9.88 Å². The minimum absolute atomic E-state index is 0.135. The topological polar surface area (TPSA) is 63.1 Å². The molecule has 5 heteroatoms. The minimum Gasteiger partial charge on any atom is -0.360 e. The molecule has 21 heavy (non-hydrogen) atoms. The summed E-state index contributed by atoms with van der Waals surface area (Å²) in [5, 5.41) is 9.81. The molecule has 1 aromatic heterocycles. The Hall–Kier alpha value is -2.16. The fourth-order valence-electron chi connectivity index (χ4n) is 2.72. The highest BCUT2D eigenvalue weighted by Crippen LogP contribution is 2.20. The van der Waals surface area contributed by atoms with Crippen molar-refractivity contribution in [3.05, 3.63) is 35.5 Å². The number of fused-ring (bicyclic) bond motifs is 1. The van der Waals surface area contributed by atoms with Crippen molar-refractivity contribution in [2.24, 2.45) is 0 Å². The maximum Gasteiger partial charge on any atom is 0.178 e. The Morgan fingerprint density at radius 3 is 2.81 bits per heavy atom. The van der Waals surface area contributed by atoms with Crippen LogP contribution in [0.4, 0.5) is 0 Å². The van der Waals surface area contributed by atoms with Crippen molar-refractivity contribution < 1.29 is 4.79 Å². The minimum atomic E-state index is 0.135. The lowest BCUT2D eigenvalue weighted by molar-refractivity contribution is 0.0878. The maximum atomic E-state index is 12.5. The molecule has 3 rings (SSSR count). The molecule has 2 aromatic rings. The van der Waals surface area contributed by atoms with Gasteiger partial charge in [0.1, 0.15) is 0 Å². The lowest BCUT2D eigenvalue weighted by Crippen LogP contribution is -2.46. The summed E-state index contributed by atoms with van der Waals surface area (Å²) in [6.07, 6.45) is 1.75. The van der Waals surface area contributed by atoms with Crippen LogP contribution < -0.4 is 0 Å². The Kier molecular flexibility index (Phi) is 3.74. The highest BCUT2D eigenvalue weighted by Gasteiger charge is 2.19. The maximum absolute atomic E-state index is 12.5. The molecule has 0 amide bonds. The second kappa shape index (κ2) is 5.68. The monoisotopic (exact) mass is 282 g/mol. The van der Waals surface area contributed by atoms with Gasteiger partial charge in [0.15, 0.2) is 5.78 Å². The predicted octanol–water partition coefficient (Wildman–Crippen LogP) is 1.47. The van der Waals surface area contributed by atoms with E-state index in [9.17, 15) is 4.79 Å². The molecule has 108 valence electrons. The first-order valence-corrected chi connectivity index (χ1v) is 7.13. The normalized spacial score (nSPS) is 17.0. The second-order valence-electron chi connectivity index (χ2n) is 5.58. The average Bonchev–Trinajstić information content (AvgIpc) is 2.92. The zero-order valence-electron chi connectivity index (χ0n) is 12.1. The van der Waals surface area contributed by atoms with Crippen molar-refractivity contribution in [2.45, 2.75) is 0 Å². The third-order valence-corrected chi connectivity index (χ3v) is 4.07. The number of nitriles is 1. The SMILES string of the molecule is CN1CCN(CC(=O)c2c[nH]c3cc(C#N)ccc23)CC1. The number of aromatic amines is 1. The summed E-state index contributed by atoms with van der Waals surface area (Å²) in [5.41, 5.74) is 2.16. The van der Waals surface area contributed by atoms with E-state index < -0.39 is 0 Å². The molecule has 1 N–H and O–H groups in total. The summed E-state index contributed by atoms with van der Waals surface area (Å²) >= 11 is 0. The van der Waals surface area contributed by atoms with Gasteiger partial charge in [0, 0.05) is 48.8 Å². The zero-order valence-corrected chi connectivity index (χ0v) is 12.1. The lowest BCUT2D eigenvalue weighted by Gasteiger charge is -2.31. The van der Waals surface area contributed by atoms with E-state index in [1.807, 2.05) is 6.07 Å². The molecule has 0 atom stereocenters. The Bertz CT molecular complexity index is 705. The molecule has 1 fully saturated rings. The van der Waals surface area contributed by atoms with Crippen LogP contribution in [-0.2, 0) is 0 Å². The molecule has 0 saturated carbocycles. The van der Waals surface area contributed by atoms with E-state index in [0.29, 0.717) is 17.7 Å². The van der Waals surface area contributed by atoms with Gasteiger partial charge in [-0.15, -0.1) is 0 Å². The molecule has 0 spiro atoms. The first-order valence-electron chi connectivity index (χ1n) is 7.13. The Morgan fingerprint density at radius 1 is 1.33 bits per heavy atom. The number of piperazine rings is 1. The van der Waals surface area contributed by atoms with Crippen molar-refractivity contribution in [1.82, 2.24) is 14.8 Å². The van der Waals surface area contributed by atoms with Crippen molar-refractivity contribution in [2.75, 3.05) is 39.8 Å². The van der Waals surface area contributed by atoms with Gasteiger partial charge in [-0.2, -0.15) is 5.26 Å². The van der Waals surface area contributed by atoms with Gasteiger partial charge in [0.25, 0.3) is 0 Å². The van der Waals surface area contributed by atoms with Gasteiger partial charge >= 0.3 is 0 Å². The van der Waals surface area contributed by atoms with Crippen LogP contribution in [0.1, 0.15) is 15.9 Å². The highest BCUT2D eigenvalue weighted by atomic mass is 16.1. The molecule has 1 aliphatic rings. The van der Waals surface area contributed by atoms with Crippen LogP contribution in [0, 0.1) is 11.3 Å². The average molecular weight is 282 g/mol. The molecule has 5 nitrogen and oxygen atoms in total. The number of Topliss-reactive ketones (excluding diaryl/α,β-unsaturated/α-hetero) is 1. The number of nitrogens with one attached hydrogen (secondary N) is 1. The van der Waals surface area contributed by atoms with Crippen LogP contribution in [0.3, 0.4) is 0 Å². The Morgan fingerprint density at radius 2 is 2.10 bits per heavy atom. The van der Waals surface area contributed by atoms with Crippen LogP contribution in [-0.4, -0.2) is 60.3 Å². The van der Waals surface area contributed by atoms with E-state index in [0.717, 1.165) is 37.1 Å². The number of hydrogen-bond acceptors (Lipinski definition) is 4. The van der Waals surface area contributed by atoms with Crippen molar-refractivity contribution >= 4 is 16.7 Å². The second-order valence-corrected chi connectivity index (χ2v) is 5.58. The fraction of sp³-hybridized carbons (Fsp3) is 0.375. The molecule has 0 aliphatic carbocycles. The number of carbonyl (C=O) groups is 1. The zero-order chi connectivity index (χ0) is 14.8. The van der Waals surface area contributed by atoms with E-state index >= 15 is 0 Å². The predicted molar refractivity (Wildman–Crippen MR) is 81.3 cm³/mol. The number of hydrogen-bond donors (Lipinski definition) is 1. The molecule has 0 radical (unpaired) electrons. The molecule has 0 unspecified atom stereocenters. The Labute approximate surface area is 123 Å². The first-order chi connectivity index (χ1) is 10.2. The van der Waals surface area contributed by atoms with Crippen LogP contribution in [0.2, 0.25) is 0 Å². The van der Waals surface area contributed by atoms with Gasteiger partial charge in [-0.05, 0) is 19.2 Å². The van der Waals surface area contributed by atoms with Gasteiger partial charge in [0.2, 0.25) is 0 Å². The summed E-state index contributed by atoms with van der Waals surface area (Å²) < 4.78 is 0. The lowest BCUT2D eigenvalue weighted by atomic mass is 10.1. The summed E-state index contributed by atoms with van der Waals surface area (Å²) in [5.74, 6) is 0.135. The highest BCUT2D eigenvalue weighted by molar-refractivity contribution is 6.08. The number of H-pyrrole nitrogens is 1. The quantitative estimate of drug-likeness (QED) is 0.866. The number of ketones is 1. The number of carbonyl (C=O) groups excluding carboxylic acids is 1. The van der Waals surface area contributed by atoms with Gasteiger partial charge in [-0.25, -0.2) is 0 Å². The van der Waals surface area contributed by atoms with Crippen molar-refractivity contribution in [3.63, 3.8) is 0 Å². The number of likely N-dealkylation sites (N-methyl/N-ethyl adjacent to an activating group) is 1. The molecular weight excluding hydrogens is 264 g/mol. The molecule has 1 aromatic carbocycles. The van der Waals surface area contributed by atoms with E-state index in [2.05, 4.69) is 27.9 Å². The molecule has 1 saturated heterocycles. The third kappa shape index (κ3) is 2.82. The summed E-state index contributed by atoms with van der Waals surface area (Å²) in [6.45, 7) is 4.34. The van der Waals surface area contributed by atoms with E-state index in [-0.39, 0.29) is 5.78 Å². The summed E-state index contributed by atoms with van der Waals surface area (Å²) in [6, 6.07) is 7.49. The van der Waals surface area contributed by atoms with Crippen LogP contribution in [0.25, 0.3) is 10.9 Å². The van der Waals surface area contributed by atoms with Crippen molar-refractivity contribution in [1.29, 1.82) is 5.26 Å². The van der Waals surface area contributed by atoms with Crippen LogP contribution >= 0.6 is 0 Å². The van der Waals surface area contributed by atoms with Crippen LogP contribution in [0.15, 0.2) is 24.4 Å². The van der Waals surface area contributed by atoms with E-state index in [4.69, 9.17) is 5.26 Å². The van der Waals surface area contributed by atoms with Gasteiger partial charge in [-0.1, -0.05) is 6.07 Å². The summed E-state index contributed by atoms with van der Waals surface area (Å²) in [7, 11) is 2.10. The summed E-state index contributed by atoms with van der Waals surface area (Å²) in [4.78, 5) is 20.0. The van der Waals surface area contributed by atoms with Crippen LogP contribution in [0.5, 0.6) is 0 Å². The standard InChI is InChI=1S/C16H18N4O/c1-19-4-6-20(7-5-19)11-16(21)14-10-18-15-8-12(9-17)2-3-13(14)15/h2-3,8,10,18H,4-7,11H2,1H3. The van der Waals surface area contributed by atoms with E-state index in [1.54, 1.807) is 18.3 Å². The number of benzene rings is 1. The number of aromatic nitrogens is 1. The smallest absolute Gasteiger partial charge is 0.178 e. The number of nitrogens with zero attached hydrogens (tertiary/aromatic N) is 3. The van der Waals surface area contributed by atoms with Gasteiger partial charge in [-0.3, -0.25) is 9.69 Å². The fourth-order valence-corrected chi connectivity index (χ4v) is 2.72. The molecule has 1 aliphatic heterocycles. The van der Waals surface area contributed by atoms with Crippen molar-refractivity contribution in [3.8, 4) is 6.07 Å². The first kappa shape index (κ1) is 13.8. The molecular formula is C16H18N4O. The largest absolute Gasteiger partial charge is 0.360 e. The third-order valence-electron chi connectivity index (χ3n) is 4.07. The van der Waals surface area contributed by atoms with E-state index in [1.165, 1.54) is 0 Å².